The number of hydrogen-bond donors (Lipinski definition) is 1. The van der Waals surface area contributed by atoms with Gasteiger partial charge in [-0.3, -0.25) is 0 Å². The van der Waals surface area contributed by atoms with Crippen LogP contribution in [0.1, 0.15) is 19.8 Å². The number of halogens is 4. The third-order valence-electron chi connectivity index (χ3n) is 4.92. The number of fused-ring (bicyclic) bond motifs is 1. The lowest BCUT2D eigenvalue weighted by Gasteiger charge is -2.11. The lowest BCUT2D eigenvalue weighted by atomic mass is 10.2. The second-order valence-electron chi connectivity index (χ2n) is 6.95. The SMILES string of the molecule is CCCCn1c(-c2ccccc2)nc2c(Nc3c(F)c(F)cc(F)c3F)cccc21. The van der Waals surface area contributed by atoms with E-state index < -0.39 is 29.0 Å². The first kappa shape index (κ1) is 19.9. The largest absolute Gasteiger partial charge is 0.349 e. The molecule has 0 atom stereocenters. The van der Waals surface area contributed by atoms with E-state index in [1.807, 2.05) is 41.0 Å². The molecule has 0 unspecified atom stereocenters. The van der Waals surface area contributed by atoms with Crippen LogP contribution in [0.4, 0.5) is 28.9 Å². The van der Waals surface area contributed by atoms with Gasteiger partial charge in [0.1, 0.15) is 17.0 Å². The molecule has 4 rings (SSSR count). The highest BCUT2D eigenvalue weighted by Gasteiger charge is 2.21. The van der Waals surface area contributed by atoms with Crippen molar-refractivity contribution in [1.29, 1.82) is 0 Å². The highest BCUT2D eigenvalue weighted by molar-refractivity contribution is 5.93. The molecule has 0 spiro atoms. The molecule has 1 heterocycles. The van der Waals surface area contributed by atoms with Gasteiger partial charge in [0.25, 0.3) is 0 Å². The maximum atomic E-state index is 14.2. The van der Waals surface area contributed by atoms with Gasteiger partial charge in [-0.15, -0.1) is 0 Å². The minimum Gasteiger partial charge on any atom is -0.349 e. The molecule has 0 bridgehead atoms. The number of aromatic nitrogens is 2. The number of imidazole rings is 1. The van der Waals surface area contributed by atoms with Crippen LogP contribution in [-0.4, -0.2) is 9.55 Å². The number of rotatable bonds is 6. The molecule has 0 radical (unpaired) electrons. The zero-order valence-electron chi connectivity index (χ0n) is 16.2. The van der Waals surface area contributed by atoms with Crippen molar-refractivity contribution >= 4 is 22.4 Å². The summed E-state index contributed by atoms with van der Waals surface area (Å²) in [6, 6.07) is 14.9. The Kier molecular flexibility index (Phi) is 5.44. The molecular weight excluding hydrogens is 394 g/mol. The van der Waals surface area contributed by atoms with E-state index >= 15 is 0 Å². The molecule has 1 aromatic heterocycles. The number of nitrogens with one attached hydrogen (secondary N) is 1. The summed E-state index contributed by atoms with van der Waals surface area (Å²) in [6.45, 7) is 2.79. The van der Waals surface area contributed by atoms with Crippen LogP contribution in [-0.2, 0) is 6.54 Å². The van der Waals surface area contributed by atoms with E-state index in [4.69, 9.17) is 4.98 Å². The van der Waals surface area contributed by atoms with Gasteiger partial charge >= 0.3 is 0 Å². The zero-order valence-corrected chi connectivity index (χ0v) is 16.2. The van der Waals surface area contributed by atoms with E-state index in [2.05, 4.69) is 12.2 Å². The fourth-order valence-corrected chi connectivity index (χ4v) is 3.42. The Bertz CT molecular complexity index is 1180. The van der Waals surface area contributed by atoms with Crippen LogP contribution in [0.25, 0.3) is 22.4 Å². The van der Waals surface area contributed by atoms with Crippen molar-refractivity contribution in [2.24, 2.45) is 0 Å². The van der Waals surface area contributed by atoms with Crippen molar-refractivity contribution in [3.8, 4) is 11.4 Å². The fraction of sp³-hybridized carbons (Fsp3) is 0.174. The van der Waals surface area contributed by atoms with Gasteiger partial charge in [-0.25, -0.2) is 22.5 Å². The van der Waals surface area contributed by atoms with E-state index in [0.29, 0.717) is 17.9 Å². The zero-order chi connectivity index (χ0) is 21.3. The normalized spacial score (nSPS) is 11.2. The van der Waals surface area contributed by atoms with Crippen LogP contribution in [0.3, 0.4) is 0 Å². The summed E-state index contributed by atoms with van der Waals surface area (Å²) in [4.78, 5) is 4.70. The summed E-state index contributed by atoms with van der Waals surface area (Å²) >= 11 is 0. The van der Waals surface area contributed by atoms with E-state index in [1.165, 1.54) is 0 Å². The van der Waals surface area contributed by atoms with Crippen LogP contribution < -0.4 is 5.32 Å². The quantitative estimate of drug-likeness (QED) is 0.278. The average molecular weight is 413 g/mol. The van der Waals surface area contributed by atoms with E-state index in [9.17, 15) is 17.6 Å². The lowest BCUT2D eigenvalue weighted by molar-refractivity contribution is 0.459. The lowest BCUT2D eigenvalue weighted by Crippen LogP contribution is -2.03. The smallest absolute Gasteiger partial charge is 0.185 e. The minimum atomic E-state index is -1.49. The van der Waals surface area contributed by atoms with Crippen molar-refractivity contribution in [2.75, 3.05) is 5.32 Å². The van der Waals surface area contributed by atoms with Crippen LogP contribution >= 0.6 is 0 Å². The van der Waals surface area contributed by atoms with E-state index in [-0.39, 0.29) is 11.8 Å². The Labute approximate surface area is 171 Å². The monoisotopic (exact) mass is 413 g/mol. The molecule has 7 heteroatoms. The van der Waals surface area contributed by atoms with Crippen LogP contribution in [0, 0.1) is 23.3 Å². The van der Waals surface area contributed by atoms with Crippen molar-refractivity contribution < 1.29 is 17.6 Å². The summed E-state index contributed by atoms with van der Waals surface area (Å²) in [6.07, 6.45) is 1.89. The Balaban J connectivity index is 1.88. The third-order valence-corrected chi connectivity index (χ3v) is 4.92. The van der Waals surface area contributed by atoms with Gasteiger partial charge in [-0.05, 0) is 18.6 Å². The first-order chi connectivity index (χ1) is 14.5. The highest BCUT2D eigenvalue weighted by Crippen LogP contribution is 2.33. The van der Waals surface area contributed by atoms with Crippen LogP contribution in [0.5, 0.6) is 0 Å². The van der Waals surface area contributed by atoms with E-state index in [1.54, 1.807) is 12.1 Å². The molecule has 0 aliphatic heterocycles. The molecule has 0 fully saturated rings. The summed E-state index contributed by atoms with van der Waals surface area (Å²) in [5.74, 6) is -5.21. The summed E-state index contributed by atoms with van der Waals surface area (Å²) < 4.78 is 57.6. The maximum absolute atomic E-state index is 14.2. The molecule has 30 heavy (non-hydrogen) atoms. The van der Waals surface area contributed by atoms with Crippen molar-refractivity contribution in [1.82, 2.24) is 9.55 Å². The number of benzene rings is 3. The topological polar surface area (TPSA) is 29.9 Å². The van der Waals surface area contributed by atoms with Crippen molar-refractivity contribution in [3.63, 3.8) is 0 Å². The van der Waals surface area contributed by atoms with Crippen LogP contribution in [0.15, 0.2) is 54.6 Å². The number of unbranched alkanes of at least 4 members (excludes halogenated alkanes) is 1. The molecule has 154 valence electrons. The van der Waals surface area contributed by atoms with Crippen molar-refractivity contribution in [2.45, 2.75) is 26.3 Å². The number of para-hydroxylation sites is 1. The molecule has 0 saturated carbocycles. The molecule has 3 aromatic carbocycles. The molecule has 0 saturated heterocycles. The van der Waals surface area contributed by atoms with Gasteiger partial charge < -0.3 is 9.88 Å². The molecule has 3 nitrogen and oxygen atoms in total. The van der Waals surface area contributed by atoms with Gasteiger partial charge in [0.05, 0.1) is 11.2 Å². The summed E-state index contributed by atoms with van der Waals surface area (Å²) in [5, 5.41) is 2.51. The Morgan fingerprint density at radius 2 is 1.60 bits per heavy atom. The summed E-state index contributed by atoms with van der Waals surface area (Å²) in [7, 11) is 0. The predicted octanol–water partition coefficient (Wildman–Crippen LogP) is 6.80. The number of nitrogens with zero attached hydrogens (tertiary/aromatic N) is 2. The number of aryl methyl sites for hydroxylation is 1. The molecule has 0 aliphatic rings. The van der Waals surface area contributed by atoms with Gasteiger partial charge in [0.2, 0.25) is 0 Å². The van der Waals surface area contributed by atoms with Gasteiger partial charge in [-0.2, -0.15) is 0 Å². The Hall–Kier alpha value is -3.35. The predicted molar refractivity (Wildman–Crippen MR) is 110 cm³/mol. The Morgan fingerprint density at radius 1 is 0.900 bits per heavy atom. The molecular formula is C23H19F4N3. The number of hydrogen-bond acceptors (Lipinski definition) is 2. The molecule has 1 N–H and O–H groups in total. The van der Waals surface area contributed by atoms with Gasteiger partial charge in [0, 0.05) is 18.2 Å². The molecule has 0 amide bonds. The third kappa shape index (κ3) is 3.51. The molecule has 0 aliphatic carbocycles. The second kappa shape index (κ2) is 8.18. The Morgan fingerprint density at radius 3 is 2.27 bits per heavy atom. The van der Waals surface area contributed by atoms with Gasteiger partial charge in [-0.1, -0.05) is 49.7 Å². The standard InChI is InChI=1S/C23H19F4N3/c1-2-3-12-30-18-11-7-10-17(21(18)29-23(30)14-8-5-4-6-9-14)28-22-19(26)15(24)13-16(25)20(22)27/h4-11,13,28H,2-3,12H2,1H3. The first-order valence-electron chi connectivity index (χ1n) is 9.66. The fourth-order valence-electron chi connectivity index (χ4n) is 3.42. The van der Waals surface area contributed by atoms with Crippen molar-refractivity contribution in [3.05, 3.63) is 77.9 Å². The highest BCUT2D eigenvalue weighted by atomic mass is 19.2. The molecule has 4 aromatic rings. The van der Waals surface area contributed by atoms with Gasteiger partial charge in [0.15, 0.2) is 23.3 Å². The first-order valence-corrected chi connectivity index (χ1v) is 9.66. The summed E-state index contributed by atoms with van der Waals surface area (Å²) in [5.41, 5.74) is 1.47. The maximum Gasteiger partial charge on any atom is 0.185 e. The van der Waals surface area contributed by atoms with E-state index in [0.717, 1.165) is 23.9 Å². The number of anilines is 2. The van der Waals surface area contributed by atoms with Crippen LogP contribution in [0.2, 0.25) is 0 Å². The second-order valence-corrected chi connectivity index (χ2v) is 6.95. The minimum absolute atomic E-state index is 0.184. The average Bonchev–Trinajstić information content (AvgIpc) is 3.14.